The van der Waals surface area contributed by atoms with Crippen LogP contribution in [0.5, 0.6) is 0 Å². The molecule has 2 aromatic heterocycles. The summed E-state index contributed by atoms with van der Waals surface area (Å²) in [5.41, 5.74) is 0.786. The number of hydrogen-bond donors (Lipinski definition) is 1. The number of nitrogens with zero attached hydrogens (tertiary/aromatic N) is 3. The molecule has 1 atom stereocenters. The molecule has 0 bridgehead atoms. The summed E-state index contributed by atoms with van der Waals surface area (Å²) in [5, 5.41) is 14.2. The molecule has 0 amide bonds. The normalized spacial score (nSPS) is 12.9. The van der Waals surface area contributed by atoms with Crippen molar-refractivity contribution in [3.05, 3.63) is 35.8 Å². The van der Waals surface area contributed by atoms with Crippen LogP contribution in [0.2, 0.25) is 0 Å². The summed E-state index contributed by atoms with van der Waals surface area (Å²) >= 11 is 0. The van der Waals surface area contributed by atoms with E-state index in [9.17, 15) is 5.11 Å². The van der Waals surface area contributed by atoms with Gasteiger partial charge in [-0.2, -0.15) is 5.10 Å². The molecule has 0 aliphatic carbocycles. The first-order chi connectivity index (χ1) is 8.20. The van der Waals surface area contributed by atoms with E-state index in [1.54, 1.807) is 6.26 Å². The summed E-state index contributed by atoms with van der Waals surface area (Å²) in [4.78, 5) is 4.17. The third kappa shape index (κ3) is 2.74. The quantitative estimate of drug-likeness (QED) is 0.859. The van der Waals surface area contributed by atoms with Crippen LogP contribution < -0.4 is 0 Å². The van der Waals surface area contributed by atoms with Gasteiger partial charge in [0.25, 0.3) is 0 Å². The number of hydrogen-bond acceptors (Lipinski definition) is 4. The van der Waals surface area contributed by atoms with Gasteiger partial charge < -0.3 is 9.52 Å². The third-order valence-corrected chi connectivity index (χ3v) is 2.64. The number of furan rings is 1. The van der Waals surface area contributed by atoms with Gasteiger partial charge in [0.1, 0.15) is 17.9 Å². The van der Waals surface area contributed by atoms with Crippen LogP contribution in [0.4, 0.5) is 0 Å². The smallest absolute Gasteiger partial charge is 0.138 e. The lowest BCUT2D eigenvalue weighted by Crippen LogP contribution is -2.10. The molecule has 0 aromatic carbocycles. The van der Waals surface area contributed by atoms with Gasteiger partial charge in [0.05, 0.1) is 12.4 Å². The maximum atomic E-state index is 10.1. The van der Waals surface area contributed by atoms with Crippen LogP contribution in [0, 0.1) is 6.92 Å². The molecule has 0 aliphatic heterocycles. The first-order valence-corrected chi connectivity index (χ1v) is 5.80. The molecule has 92 valence electrons. The van der Waals surface area contributed by atoms with Crippen LogP contribution in [0.3, 0.4) is 0 Å². The Hall–Kier alpha value is -1.62. The molecule has 0 spiro atoms. The molecule has 17 heavy (non-hydrogen) atoms. The Kier molecular flexibility index (Phi) is 3.58. The summed E-state index contributed by atoms with van der Waals surface area (Å²) in [5.74, 6) is 1.60. The molecular weight excluding hydrogens is 218 g/mol. The van der Waals surface area contributed by atoms with E-state index in [4.69, 9.17) is 4.42 Å². The molecule has 2 heterocycles. The Balaban J connectivity index is 2.07. The fraction of sp³-hybridized carbons (Fsp3) is 0.500. The zero-order valence-electron chi connectivity index (χ0n) is 10.1. The summed E-state index contributed by atoms with van der Waals surface area (Å²) in [6.07, 6.45) is 3.97. The minimum Gasteiger partial charge on any atom is -0.469 e. The Labute approximate surface area is 100 Å². The largest absolute Gasteiger partial charge is 0.469 e. The summed E-state index contributed by atoms with van der Waals surface area (Å²) < 4.78 is 7.01. The average molecular weight is 235 g/mol. The van der Waals surface area contributed by atoms with Crippen molar-refractivity contribution < 1.29 is 9.52 Å². The molecule has 0 aliphatic rings. The van der Waals surface area contributed by atoms with Gasteiger partial charge in [0.2, 0.25) is 0 Å². The van der Waals surface area contributed by atoms with E-state index in [2.05, 4.69) is 17.0 Å². The fourth-order valence-corrected chi connectivity index (χ4v) is 1.77. The van der Waals surface area contributed by atoms with E-state index < -0.39 is 6.10 Å². The van der Waals surface area contributed by atoms with Gasteiger partial charge in [0, 0.05) is 18.5 Å². The SMILES string of the molecule is CCCn1ncnc1CC(O)c1coc(C)c1. The van der Waals surface area contributed by atoms with Crippen molar-refractivity contribution >= 4 is 0 Å². The van der Waals surface area contributed by atoms with Crippen LogP contribution >= 0.6 is 0 Å². The van der Waals surface area contributed by atoms with E-state index in [1.807, 2.05) is 17.7 Å². The second-order valence-corrected chi connectivity index (χ2v) is 4.11. The molecule has 0 radical (unpaired) electrons. The standard InChI is InChI=1S/C12H17N3O2/c1-3-4-15-12(13-8-14-15)6-11(16)10-5-9(2)17-7-10/h5,7-8,11,16H,3-4,6H2,1-2H3. The van der Waals surface area contributed by atoms with Crippen molar-refractivity contribution in [1.29, 1.82) is 0 Å². The molecule has 1 N–H and O–H groups in total. The topological polar surface area (TPSA) is 64.1 Å². The molecule has 5 nitrogen and oxygen atoms in total. The van der Waals surface area contributed by atoms with Crippen molar-refractivity contribution in [1.82, 2.24) is 14.8 Å². The van der Waals surface area contributed by atoms with E-state index in [1.165, 1.54) is 6.33 Å². The minimum absolute atomic E-state index is 0.457. The van der Waals surface area contributed by atoms with E-state index in [0.29, 0.717) is 6.42 Å². The van der Waals surface area contributed by atoms with E-state index >= 15 is 0 Å². The lowest BCUT2D eigenvalue weighted by Gasteiger charge is -2.08. The van der Waals surface area contributed by atoms with Crippen LogP contribution in [-0.4, -0.2) is 19.9 Å². The van der Waals surface area contributed by atoms with E-state index in [0.717, 1.165) is 30.1 Å². The first kappa shape index (κ1) is 11.9. The highest BCUT2D eigenvalue weighted by Crippen LogP contribution is 2.19. The summed E-state index contributed by atoms with van der Waals surface area (Å²) in [7, 11) is 0. The third-order valence-electron chi connectivity index (χ3n) is 2.64. The van der Waals surface area contributed by atoms with Crippen LogP contribution in [0.15, 0.2) is 23.1 Å². The fourth-order valence-electron chi connectivity index (χ4n) is 1.77. The number of aromatic nitrogens is 3. The zero-order valence-corrected chi connectivity index (χ0v) is 10.1. The maximum Gasteiger partial charge on any atom is 0.138 e. The van der Waals surface area contributed by atoms with Crippen molar-refractivity contribution in [2.24, 2.45) is 0 Å². The number of aliphatic hydroxyl groups excluding tert-OH is 1. The van der Waals surface area contributed by atoms with Gasteiger partial charge in [0.15, 0.2) is 0 Å². The predicted molar refractivity (Wildman–Crippen MR) is 62.4 cm³/mol. The molecule has 2 rings (SSSR count). The number of aliphatic hydroxyl groups is 1. The Morgan fingerprint density at radius 3 is 3.00 bits per heavy atom. The van der Waals surface area contributed by atoms with Gasteiger partial charge >= 0.3 is 0 Å². The Morgan fingerprint density at radius 2 is 2.35 bits per heavy atom. The van der Waals surface area contributed by atoms with E-state index in [-0.39, 0.29) is 0 Å². The highest BCUT2D eigenvalue weighted by atomic mass is 16.3. The van der Waals surface area contributed by atoms with Crippen molar-refractivity contribution in [2.45, 2.75) is 39.3 Å². The molecule has 1 unspecified atom stereocenters. The predicted octanol–water partition coefficient (Wildman–Crippen LogP) is 1.87. The lowest BCUT2D eigenvalue weighted by molar-refractivity contribution is 0.173. The second-order valence-electron chi connectivity index (χ2n) is 4.11. The van der Waals surface area contributed by atoms with Crippen LogP contribution in [0.1, 0.15) is 36.6 Å². The molecule has 0 fully saturated rings. The number of aryl methyl sites for hydroxylation is 2. The first-order valence-electron chi connectivity index (χ1n) is 5.80. The second kappa shape index (κ2) is 5.14. The van der Waals surface area contributed by atoms with Gasteiger partial charge in [-0.3, -0.25) is 4.68 Å². The average Bonchev–Trinajstić information content (AvgIpc) is 2.89. The Bertz CT molecular complexity index is 476. The minimum atomic E-state index is -0.591. The van der Waals surface area contributed by atoms with Crippen molar-refractivity contribution in [2.75, 3.05) is 0 Å². The molecule has 0 saturated carbocycles. The Morgan fingerprint density at radius 1 is 1.53 bits per heavy atom. The number of rotatable bonds is 5. The maximum absolute atomic E-state index is 10.1. The molecular formula is C12H17N3O2. The van der Waals surface area contributed by atoms with Crippen LogP contribution in [-0.2, 0) is 13.0 Å². The van der Waals surface area contributed by atoms with Gasteiger partial charge in [-0.05, 0) is 19.4 Å². The molecule has 2 aromatic rings. The summed E-state index contributed by atoms with van der Waals surface area (Å²) in [6.45, 7) is 4.77. The molecule has 5 heteroatoms. The highest BCUT2D eigenvalue weighted by Gasteiger charge is 2.14. The molecule has 0 saturated heterocycles. The highest BCUT2D eigenvalue weighted by molar-refractivity contribution is 5.15. The van der Waals surface area contributed by atoms with Gasteiger partial charge in [-0.15, -0.1) is 0 Å². The lowest BCUT2D eigenvalue weighted by atomic mass is 10.1. The zero-order chi connectivity index (χ0) is 12.3. The van der Waals surface area contributed by atoms with Crippen molar-refractivity contribution in [3.63, 3.8) is 0 Å². The summed E-state index contributed by atoms with van der Waals surface area (Å²) in [6, 6.07) is 1.84. The van der Waals surface area contributed by atoms with Gasteiger partial charge in [-0.25, -0.2) is 4.98 Å². The van der Waals surface area contributed by atoms with Crippen LogP contribution in [0.25, 0.3) is 0 Å². The monoisotopic (exact) mass is 235 g/mol. The van der Waals surface area contributed by atoms with Gasteiger partial charge in [-0.1, -0.05) is 6.92 Å². The van der Waals surface area contributed by atoms with Crippen molar-refractivity contribution in [3.8, 4) is 0 Å².